The molecule has 1 aliphatic rings. The van der Waals surface area contributed by atoms with E-state index in [4.69, 9.17) is 4.74 Å². The number of rotatable bonds is 1. The summed E-state index contributed by atoms with van der Waals surface area (Å²) in [5.74, 6) is 1.43. The van der Waals surface area contributed by atoms with Crippen molar-refractivity contribution in [1.82, 2.24) is 0 Å². The number of carbonyl (C=O) groups is 1. The Kier molecular flexibility index (Phi) is 3.89. The second kappa shape index (κ2) is 4.96. The second-order valence-corrected chi connectivity index (χ2v) is 3.48. The fourth-order valence-electron chi connectivity index (χ4n) is 1.83. The highest BCUT2D eigenvalue weighted by Gasteiger charge is 2.25. The minimum absolute atomic E-state index is 0.255. The molecule has 2 rings (SSSR count). The van der Waals surface area contributed by atoms with Gasteiger partial charge in [-0.25, -0.2) is 0 Å². The highest BCUT2D eigenvalue weighted by atomic mass is 16.5. The quantitative estimate of drug-likeness (QED) is 0.703. The van der Waals surface area contributed by atoms with Gasteiger partial charge in [-0.05, 0) is 29.7 Å². The van der Waals surface area contributed by atoms with Crippen molar-refractivity contribution in [3.63, 3.8) is 0 Å². The van der Waals surface area contributed by atoms with Crippen LogP contribution in [0.2, 0.25) is 0 Å². The zero-order valence-electron chi connectivity index (χ0n) is 9.83. The maximum absolute atomic E-state index is 11.4. The molecule has 1 aliphatic carbocycles. The van der Waals surface area contributed by atoms with Crippen molar-refractivity contribution in [1.29, 1.82) is 0 Å². The molecule has 15 heavy (non-hydrogen) atoms. The summed E-state index contributed by atoms with van der Waals surface area (Å²) >= 11 is 0. The Hall–Kier alpha value is -1.31. The molecular formula is C13H18O2. The molecule has 0 heterocycles. The molecule has 0 aromatic heterocycles. The number of Topliss-reactive ketones (excluding diaryl/α,β-unsaturated/α-hetero) is 1. The lowest BCUT2D eigenvalue weighted by Gasteiger charge is -2.05. The molecule has 0 bridgehead atoms. The van der Waals surface area contributed by atoms with Gasteiger partial charge in [0, 0.05) is 12.0 Å². The third kappa shape index (κ3) is 2.20. The largest absolute Gasteiger partial charge is 0.497 e. The smallest absolute Gasteiger partial charge is 0.163 e. The monoisotopic (exact) mass is 206 g/mol. The SMILES string of the molecule is CC.COc1ccc2c(c1)C(C)CC2=O. The molecule has 0 saturated heterocycles. The predicted octanol–water partition coefficient (Wildman–Crippen LogP) is 3.41. The number of ketones is 1. The van der Waals surface area contributed by atoms with Crippen molar-refractivity contribution >= 4 is 5.78 Å². The maximum Gasteiger partial charge on any atom is 0.163 e. The van der Waals surface area contributed by atoms with Crippen LogP contribution in [0.3, 0.4) is 0 Å². The van der Waals surface area contributed by atoms with Gasteiger partial charge in [0.25, 0.3) is 0 Å². The molecule has 0 spiro atoms. The van der Waals surface area contributed by atoms with Crippen molar-refractivity contribution in [2.24, 2.45) is 0 Å². The van der Waals surface area contributed by atoms with Gasteiger partial charge in [-0.15, -0.1) is 0 Å². The van der Waals surface area contributed by atoms with E-state index >= 15 is 0 Å². The first kappa shape index (κ1) is 11.8. The second-order valence-electron chi connectivity index (χ2n) is 3.48. The van der Waals surface area contributed by atoms with Crippen LogP contribution in [0.15, 0.2) is 18.2 Å². The van der Waals surface area contributed by atoms with Gasteiger partial charge < -0.3 is 4.74 Å². The van der Waals surface area contributed by atoms with Gasteiger partial charge >= 0.3 is 0 Å². The van der Waals surface area contributed by atoms with E-state index in [1.807, 2.05) is 32.0 Å². The third-order valence-electron chi connectivity index (χ3n) is 2.58. The number of methoxy groups -OCH3 is 1. The van der Waals surface area contributed by atoms with Crippen LogP contribution < -0.4 is 4.74 Å². The van der Waals surface area contributed by atoms with E-state index in [1.165, 1.54) is 0 Å². The van der Waals surface area contributed by atoms with Gasteiger partial charge in [0.05, 0.1) is 7.11 Å². The molecule has 2 nitrogen and oxygen atoms in total. The molecule has 0 fully saturated rings. The van der Waals surface area contributed by atoms with Gasteiger partial charge in [0.15, 0.2) is 5.78 Å². The van der Waals surface area contributed by atoms with Crippen LogP contribution >= 0.6 is 0 Å². The molecule has 1 aromatic rings. The van der Waals surface area contributed by atoms with Crippen molar-refractivity contribution in [3.8, 4) is 5.75 Å². The first-order valence-corrected chi connectivity index (χ1v) is 5.43. The zero-order chi connectivity index (χ0) is 11.4. The molecule has 0 radical (unpaired) electrons. The summed E-state index contributed by atoms with van der Waals surface area (Å²) in [6, 6.07) is 5.67. The zero-order valence-corrected chi connectivity index (χ0v) is 9.83. The Morgan fingerprint density at radius 1 is 1.33 bits per heavy atom. The Bertz CT molecular complexity index is 356. The van der Waals surface area contributed by atoms with Crippen LogP contribution in [0.5, 0.6) is 5.75 Å². The molecule has 1 atom stereocenters. The number of hydrogen-bond donors (Lipinski definition) is 0. The van der Waals surface area contributed by atoms with Crippen LogP contribution in [0.25, 0.3) is 0 Å². The first-order valence-electron chi connectivity index (χ1n) is 5.43. The van der Waals surface area contributed by atoms with E-state index in [2.05, 4.69) is 6.92 Å². The normalized spacial score (nSPS) is 17.9. The highest BCUT2D eigenvalue weighted by Crippen LogP contribution is 2.34. The van der Waals surface area contributed by atoms with Crippen LogP contribution in [-0.4, -0.2) is 12.9 Å². The van der Waals surface area contributed by atoms with Crippen LogP contribution in [0.1, 0.15) is 49.0 Å². The summed E-state index contributed by atoms with van der Waals surface area (Å²) in [6.45, 7) is 6.07. The molecule has 0 saturated carbocycles. The molecule has 1 aromatic carbocycles. The minimum atomic E-state index is 0.255. The molecule has 0 aliphatic heterocycles. The van der Waals surface area contributed by atoms with Gasteiger partial charge in [-0.2, -0.15) is 0 Å². The Morgan fingerprint density at radius 2 is 2.00 bits per heavy atom. The fraction of sp³-hybridized carbons (Fsp3) is 0.462. The molecule has 2 heteroatoms. The van der Waals surface area contributed by atoms with Gasteiger partial charge in [0.1, 0.15) is 5.75 Å². The van der Waals surface area contributed by atoms with Crippen LogP contribution in [-0.2, 0) is 0 Å². The van der Waals surface area contributed by atoms with E-state index in [-0.39, 0.29) is 5.78 Å². The topological polar surface area (TPSA) is 26.3 Å². The van der Waals surface area contributed by atoms with E-state index in [0.717, 1.165) is 16.9 Å². The molecular weight excluding hydrogens is 188 g/mol. The summed E-state index contributed by atoms with van der Waals surface area (Å²) < 4.78 is 5.11. The minimum Gasteiger partial charge on any atom is -0.497 e. The van der Waals surface area contributed by atoms with Gasteiger partial charge in [-0.1, -0.05) is 20.8 Å². The summed E-state index contributed by atoms with van der Waals surface area (Å²) in [4.78, 5) is 11.4. The number of benzene rings is 1. The maximum atomic E-state index is 11.4. The summed E-state index contributed by atoms with van der Waals surface area (Å²) in [5, 5.41) is 0. The van der Waals surface area contributed by atoms with Crippen LogP contribution in [0.4, 0.5) is 0 Å². The average Bonchev–Trinajstić information content (AvgIpc) is 2.57. The van der Waals surface area contributed by atoms with Crippen molar-refractivity contribution < 1.29 is 9.53 Å². The first-order chi connectivity index (χ1) is 7.22. The molecule has 0 N–H and O–H groups in total. The lowest BCUT2D eigenvalue weighted by Crippen LogP contribution is -1.91. The Morgan fingerprint density at radius 3 is 2.60 bits per heavy atom. The van der Waals surface area contributed by atoms with E-state index in [9.17, 15) is 4.79 Å². The summed E-state index contributed by atoms with van der Waals surface area (Å²) in [5.41, 5.74) is 2.00. The third-order valence-corrected chi connectivity index (χ3v) is 2.58. The van der Waals surface area contributed by atoms with Gasteiger partial charge in [-0.3, -0.25) is 4.79 Å². The van der Waals surface area contributed by atoms with Crippen molar-refractivity contribution in [3.05, 3.63) is 29.3 Å². The average molecular weight is 206 g/mol. The number of hydrogen-bond acceptors (Lipinski definition) is 2. The lowest BCUT2D eigenvalue weighted by molar-refractivity contribution is 0.0990. The lowest BCUT2D eigenvalue weighted by atomic mass is 10.0. The fourth-order valence-corrected chi connectivity index (χ4v) is 1.83. The number of fused-ring (bicyclic) bond motifs is 1. The number of carbonyl (C=O) groups excluding carboxylic acids is 1. The molecule has 82 valence electrons. The van der Waals surface area contributed by atoms with Gasteiger partial charge in [0.2, 0.25) is 0 Å². The highest BCUT2D eigenvalue weighted by molar-refractivity contribution is 6.01. The van der Waals surface area contributed by atoms with Crippen molar-refractivity contribution in [2.75, 3.05) is 7.11 Å². The number of ether oxygens (including phenoxy) is 1. The Labute approximate surface area is 91.3 Å². The van der Waals surface area contributed by atoms with Crippen molar-refractivity contribution in [2.45, 2.75) is 33.1 Å². The van der Waals surface area contributed by atoms with E-state index in [1.54, 1.807) is 7.11 Å². The molecule has 0 amide bonds. The predicted molar refractivity (Wildman–Crippen MR) is 61.7 cm³/mol. The van der Waals surface area contributed by atoms with E-state index < -0.39 is 0 Å². The van der Waals surface area contributed by atoms with E-state index in [0.29, 0.717) is 12.3 Å². The molecule has 1 unspecified atom stereocenters. The Balaban J connectivity index is 0.000000531. The summed E-state index contributed by atoms with van der Waals surface area (Å²) in [7, 11) is 1.64. The van der Waals surface area contributed by atoms with Crippen LogP contribution in [0, 0.1) is 0 Å². The summed E-state index contributed by atoms with van der Waals surface area (Å²) in [6.07, 6.45) is 0.641. The standard InChI is InChI=1S/C11H12O2.C2H6/c1-7-5-11(12)9-4-3-8(13-2)6-10(7)9;1-2/h3-4,6-7H,5H2,1-2H3;1-2H3.